The van der Waals surface area contributed by atoms with Crippen molar-refractivity contribution in [3.05, 3.63) is 11.6 Å². The van der Waals surface area contributed by atoms with Crippen LogP contribution < -0.4 is 0 Å². The van der Waals surface area contributed by atoms with Gasteiger partial charge in [-0.1, -0.05) is 19.9 Å². The summed E-state index contributed by atoms with van der Waals surface area (Å²) < 4.78 is 6.45. The second-order valence-electron chi connectivity index (χ2n) is 9.11. The summed E-state index contributed by atoms with van der Waals surface area (Å²) in [7, 11) is 0. The standard InChI is InChI=1S/C20H32O3/c1-7-13(2)14-12-15-18(5,23-14)10-11-20(22)17(3,4)9-8-16(21)19(15,20)6/h7,14-15,22H,8-12H2,1-6H3/b13-7+/t14-,15-,18+,19-,20+/m0/s1. The van der Waals surface area contributed by atoms with Crippen LogP contribution in [-0.4, -0.2) is 28.2 Å². The molecule has 5 atom stereocenters. The van der Waals surface area contributed by atoms with Gasteiger partial charge in [0.15, 0.2) is 0 Å². The number of Topliss-reactive ketones (excluding diaryl/α,β-unsaturated/α-hetero) is 1. The van der Waals surface area contributed by atoms with Gasteiger partial charge in [-0.3, -0.25) is 4.79 Å². The van der Waals surface area contributed by atoms with Crippen LogP contribution >= 0.6 is 0 Å². The van der Waals surface area contributed by atoms with Crippen molar-refractivity contribution in [2.45, 2.75) is 91.0 Å². The molecule has 3 aliphatic rings. The first-order chi connectivity index (χ1) is 10.5. The Labute approximate surface area is 140 Å². The Bertz CT molecular complexity index is 563. The molecule has 1 aliphatic heterocycles. The van der Waals surface area contributed by atoms with Gasteiger partial charge in [0.05, 0.1) is 22.7 Å². The van der Waals surface area contributed by atoms with Crippen molar-refractivity contribution in [2.75, 3.05) is 0 Å². The summed E-state index contributed by atoms with van der Waals surface area (Å²) in [5, 5.41) is 11.7. The van der Waals surface area contributed by atoms with Crippen LogP contribution in [0.25, 0.3) is 0 Å². The summed E-state index contributed by atoms with van der Waals surface area (Å²) in [5.74, 6) is 0.318. The van der Waals surface area contributed by atoms with Crippen molar-refractivity contribution >= 4 is 5.78 Å². The zero-order chi connectivity index (χ0) is 17.3. The van der Waals surface area contributed by atoms with Gasteiger partial charge in [0.2, 0.25) is 0 Å². The van der Waals surface area contributed by atoms with Crippen LogP contribution in [0.4, 0.5) is 0 Å². The SMILES string of the molecule is C/C=C(\C)[C@@H]1C[C@H]2[C@@](C)(CC[C@@]3(O)C(C)(C)CCC(=O)[C@]23C)O1. The Balaban J connectivity index is 2.08. The van der Waals surface area contributed by atoms with E-state index in [1.807, 2.05) is 13.8 Å². The molecule has 0 unspecified atom stereocenters. The Hall–Kier alpha value is -0.670. The van der Waals surface area contributed by atoms with Gasteiger partial charge in [-0.2, -0.15) is 0 Å². The summed E-state index contributed by atoms with van der Waals surface area (Å²) in [6, 6.07) is 0. The molecular weight excluding hydrogens is 288 g/mol. The van der Waals surface area contributed by atoms with E-state index in [1.165, 1.54) is 5.57 Å². The van der Waals surface area contributed by atoms with E-state index in [1.54, 1.807) is 0 Å². The van der Waals surface area contributed by atoms with Crippen LogP contribution in [0, 0.1) is 16.7 Å². The molecule has 0 aromatic carbocycles. The van der Waals surface area contributed by atoms with Crippen LogP contribution in [-0.2, 0) is 9.53 Å². The predicted molar refractivity (Wildman–Crippen MR) is 91.1 cm³/mol. The topological polar surface area (TPSA) is 46.5 Å². The molecule has 1 N–H and O–H groups in total. The highest BCUT2D eigenvalue weighted by molar-refractivity contribution is 5.88. The highest BCUT2D eigenvalue weighted by Crippen LogP contribution is 2.66. The van der Waals surface area contributed by atoms with Gasteiger partial charge in [-0.25, -0.2) is 0 Å². The number of hydrogen-bond acceptors (Lipinski definition) is 3. The van der Waals surface area contributed by atoms with E-state index < -0.39 is 11.0 Å². The molecule has 2 saturated carbocycles. The number of rotatable bonds is 1. The molecule has 130 valence electrons. The van der Waals surface area contributed by atoms with E-state index in [0.717, 1.165) is 19.3 Å². The Morgan fingerprint density at radius 2 is 1.87 bits per heavy atom. The summed E-state index contributed by atoms with van der Waals surface area (Å²) in [4.78, 5) is 13.0. The summed E-state index contributed by atoms with van der Waals surface area (Å²) in [6.07, 6.45) is 5.85. The lowest BCUT2D eigenvalue weighted by Gasteiger charge is -2.63. The van der Waals surface area contributed by atoms with Crippen molar-refractivity contribution in [1.82, 2.24) is 0 Å². The molecule has 2 aliphatic carbocycles. The minimum Gasteiger partial charge on any atom is -0.388 e. The lowest BCUT2D eigenvalue weighted by atomic mass is 9.42. The van der Waals surface area contributed by atoms with Crippen molar-refractivity contribution in [3.63, 3.8) is 0 Å². The fourth-order valence-electron chi connectivity index (χ4n) is 5.80. The number of ether oxygens (including phenoxy) is 1. The van der Waals surface area contributed by atoms with Crippen LogP contribution in [0.3, 0.4) is 0 Å². The first-order valence-electron chi connectivity index (χ1n) is 9.08. The van der Waals surface area contributed by atoms with Crippen LogP contribution in [0.1, 0.15) is 73.6 Å². The molecule has 0 spiro atoms. The van der Waals surface area contributed by atoms with Crippen LogP contribution in [0.15, 0.2) is 11.6 Å². The zero-order valence-electron chi connectivity index (χ0n) is 15.5. The minimum absolute atomic E-state index is 0.0759. The maximum Gasteiger partial charge on any atom is 0.142 e. The molecule has 23 heavy (non-hydrogen) atoms. The third kappa shape index (κ3) is 1.99. The molecular formula is C20H32O3. The van der Waals surface area contributed by atoms with Gasteiger partial charge >= 0.3 is 0 Å². The second kappa shape index (κ2) is 4.92. The Morgan fingerprint density at radius 1 is 1.22 bits per heavy atom. The van der Waals surface area contributed by atoms with Crippen molar-refractivity contribution in [3.8, 4) is 0 Å². The van der Waals surface area contributed by atoms with Crippen molar-refractivity contribution in [1.29, 1.82) is 0 Å². The smallest absolute Gasteiger partial charge is 0.142 e. The molecule has 3 rings (SSSR count). The average Bonchev–Trinajstić information content (AvgIpc) is 2.86. The Morgan fingerprint density at radius 3 is 2.48 bits per heavy atom. The van der Waals surface area contributed by atoms with Gasteiger partial charge in [-0.15, -0.1) is 0 Å². The van der Waals surface area contributed by atoms with Gasteiger partial charge in [0.25, 0.3) is 0 Å². The predicted octanol–water partition coefficient (Wildman–Crippen LogP) is 4.04. The normalized spacial score (nSPS) is 49.7. The molecule has 0 aromatic rings. The molecule has 0 radical (unpaired) electrons. The number of allylic oxidation sites excluding steroid dienone is 1. The first-order valence-corrected chi connectivity index (χ1v) is 9.08. The van der Waals surface area contributed by atoms with E-state index in [2.05, 4.69) is 33.8 Å². The average molecular weight is 320 g/mol. The van der Waals surface area contributed by atoms with Crippen molar-refractivity contribution in [2.24, 2.45) is 16.7 Å². The fourth-order valence-corrected chi connectivity index (χ4v) is 5.80. The summed E-state index contributed by atoms with van der Waals surface area (Å²) in [5.41, 5.74) is -0.939. The van der Waals surface area contributed by atoms with E-state index >= 15 is 0 Å². The number of ketones is 1. The minimum atomic E-state index is -0.929. The Kier molecular flexibility index (Phi) is 3.67. The molecule has 0 bridgehead atoms. The lowest BCUT2D eigenvalue weighted by molar-refractivity contribution is -0.242. The molecule has 0 aromatic heterocycles. The number of fused-ring (bicyclic) bond motifs is 3. The maximum atomic E-state index is 13.0. The molecule has 3 nitrogen and oxygen atoms in total. The van der Waals surface area contributed by atoms with Gasteiger partial charge < -0.3 is 9.84 Å². The maximum absolute atomic E-state index is 13.0. The highest BCUT2D eigenvalue weighted by Gasteiger charge is 2.72. The van der Waals surface area contributed by atoms with Crippen molar-refractivity contribution < 1.29 is 14.6 Å². The number of aliphatic hydroxyl groups is 1. The monoisotopic (exact) mass is 320 g/mol. The highest BCUT2D eigenvalue weighted by atomic mass is 16.5. The zero-order valence-corrected chi connectivity index (χ0v) is 15.5. The van der Waals surface area contributed by atoms with E-state index in [9.17, 15) is 9.90 Å². The second-order valence-corrected chi connectivity index (χ2v) is 9.11. The summed E-state index contributed by atoms with van der Waals surface area (Å²) in [6.45, 7) is 12.6. The first kappa shape index (κ1) is 17.2. The largest absolute Gasteiger partial charge is 0.388 e. The molecule has 3 fully saturated rings. The third-order valence-electron chi connectivity index (χ3n) is 7.78. The fraction of sp³-hybridized carbons (Fsp3) is 0.850. The lowest BCUT2D eigenvalue weighted by Crippen LogP contribution is -2.70. The van der Waals surface area contributed by atoms with Gasteiger partial charge in [0, 0.05) is 12.3 Å². The molecule has 1 saturated heterocycles. The summed E-state index contributed by atoms with van der Waals surface area (Å²) >= 11 is 0. The number of carbonyl (C=O) groups is 1. The van der Waals surface area contributed by atoms with E-state index in [4.69, 9.17) is 4.74 Å². The molecule has 3 heteroatoms. The number of hydrogen-bond donors (Lipinski definition) is 1. The molecule has 0 amide bonds. The van der Waals surface area contributed by atoms with Gasteiger partial charge in [0.1, 0.15) is 5.78 Å². The van der Waals surface area contributed by atoms with E-state index in [0.29, 0.717) is 12.8 Å². The quantitative estimate of drug-likeness (QED) is 0.742. The van der Waals surface area contributed by atoms with E-state index in [-0.39, 0.29) is 28.8 Å². The third-order valence-corrected chi connectivity index (χ3v) is 7.78. The number of carbonyl (C=O) groups excluding carboxylic acids is 1. The van der Waals surface area contributed by atoms with Crippen LogP contribution in [0.5, 0.6) is 0 Å². The molecule has 1 heterocycles. The van der Waals surface area contributed by atoms with Crippen LogP contribution in [0.2, 0.25) is 0 Å². The van der Waals surface area contributed by atoms with Gasteiger partial charge in [-0.05, 0) is 64.4 Å².